The van der Waals surface area contributed by atoms with Crippen molar-refractivity contribution in [2.75, 3.05) is 33.4 Å². The van der Waals surface area contributed by atoms with Gasteiger partial charge in [0.2, 0.25) is 5.91 Å². The van der Waals surface area contributed by atoms with Crippen LogP contribution in [0.15, 0.2) is 22.6 Å². The summed E-state index contributed by atoms with van der Waals surface area (Å²) in [4.78, 5) is 26.7. The van der Waals surface area contributed by atoms with Gasteiger partial charge in [0.05, 0.1) is 20.3 Å². The number of para-hydroxylation sites is 1. The molecular formula is C18H22N2O5. The van der Waals surface area contributed by atoms with E-state index in [9.17, 15) is 9.59 Å². The Bertz CT molecular complexity index is 792. The molecule has 1 saturated heterocycles. The van der Waals surface area contributed by atoms with E-state index >= 15 is 0 Å². The van der Waals surface area contributed by atoms with Gasteiger partial charge in [-0.1, -0.05) is 12.1 Å². The van der Waals surface area contributed by atoms with Crippen molar-refractivity contribution in [3.63, 3.8) is 0 Å². The van der Waals surface area contributed by atoms with Crippen molar-refractivity contribution in [2.45, 2.75) is 19.9 Å². The van der Waals surface area contributed by atoms with Crippen LogP contribution in [-0.4, -0.2) is 56.2 Å². The van der Waals surface area contributed by atoms with Gasteiger partial charge in [-0.05, 0) is 19.9 Å². The zero-order valence-electron chi connectivity index (χ0n) is 14.6. The van der Waals surface area contributed by atoms with Crippen molar-refractivity contribution < 1.29 is 23.5 Å². The summed E-state index contributed by atoms with van der Waals surface area (Å²) in [5, 5.41) is 3.54. The van der Waals surface area contributed by atoms with Gasteiger partial charge >= 0.3 is 0 Å². The normalized spacial score (nSPS) is 15.9. The molecule has 1 aliphatic rings. The van der Waals surface area contributed by atoms with Crippen molar-refractivity contribution in [3.05, 3.63) is 29.5 Å². The number of carbonyl (C=O) groups excluding carboxylic acids is 2. The van der Waals surface area contributed by atoms with Crippen LogP contribution in [0.25, 0.3) is 11.0 Å². The minimum atomic E-state index is -0.639. The molecule has 25 heavy (non-hydrogen) atoms. The molecule has 2 heterocycles. The number of aryl methyl sites for hydroxylation is 1. The number of nitrogens with zero attached hydrogens (tertiary/aromatic N) is 1. The zero-order valence-corrected chi connectivity index (χ0v) is 14.6. The quantitative estimate of drug-likeness (QED) is 0.912. The van der Waals surface area contributed by atoms with Crippen molar-refractivity contribution in [2.24, 2.45) is 0 Å². The molecule has 1 atom stereocenters. The average molecular weight is 346 g/mol. The van der Waals surface area contributed by atoms with Crippen LogP contribution >= 0.6 is 0 Å². The van der Waals surface area contributed by atoms with Crippen molar-refractivity contribution in [1.82, 2.24) is 10.2 Å². The van der Waals surface area contributed by atoms with E-state index in [-0.39, 0.29) is 11.7 Å². The van der Waals surface area contributed by atoms with E-state index in [1.165, 1.54) is 0 Å². The van der Waals surface area contributed by atoms with Crippen LogP contribution in [0.1, 0.15) is 23.0 Å². The lowest BCUT2D eigenvalue weighted by atomic mass is 10.1. The number of morpholine rings is 1. The van der Waals surface area contributed by atoms with E-state index in [4.69, 9.17) is 13.9 Å². The van der Waals surface area contributed by atoms with Gasteiger partial charge in [-0.2, -0.15) is 0 Å². The van der Waals surface area contributed by atoms with Gasteiger partial charge in [0, 0.05) is 24.0 Å². The molecule has 1 aliphatic heterocycles. The Hall–Kier alpha value is -2.54. The molecule has 7 heteroatoms. The molecule has 1 aromatic heterocycles. The van der Waals surface area contributed by atoms with E-state index in [1.54, 1.807) is 25.0 Å². The van der Waals surface area contributed by atoms with E-state index in [1.807, 2.05) is 19.1 Å². The maximum Gasteiger partial charge on any atom is 0.287 e. The summed E-state index contributed by atoms with van der Waals surface area (Å²) in [6.45, 7) is 5.62. The first-order valence-corrected chi connectivity index (χ1v) is 8.26. The third-order valence-corrected chi connectivity index (χ3v) is 4.39. The van der Waals surface area contributed by atoms with Crippen LogP contribution in [0, 0.1) is 6.92 Å². The molecular weight excluding hydrogens is 324 g/mol. The number of hydrogen-bond acceptors (Lipinski definition) is 5. The predicted octanol–water partition coefficient (Wildman–Crippen LogP) is 1.73. The minimum Gasteiger partial charge on any atom is -0.493 e. The third kappa shape index (κ3) is 3.32. The lowest BCUT2D eigenvalue weighted by molar-refractivity contribution is -0.136. The molecule has 0 radical (unpaired) electrons. The molecule has 134 valence electrons. The molecule has 2 aromatic rings. The Morgan fingerprint density at radius 2 is 2.00 bits per heavy atom. The van der Waals surface area contributed by atoms with Crippen molar-refractivity contribution in [3.8, 4) is 5.75 Å². The SMILES string of the molecule is COc1cccc2c(C)c(C(=O)NC(C)C(=O)N3CCOCC3)oc12. The fourth-order valence-corrected chi connectivity index (χ4v) is 2.98. The van der Waals surface area contributed by atoms with Gasteiger partial charge in [-0.25, -0.2) is 0 Å². The number of amides is 2. The highest BCUT2D eigenvalue weighted by Gasteiger charge is 2.26. The summed E-state index contributed by atoms with van der Waals surface area (Å²) < 4.78 is 16.2. The molecule has 0 spiro atoms. The molecule has 0 bridgehead atoms. The predicted molar refractivity (Wildman–Crippen MR) is 91.8 cm³/mol. The van der Waals surface area contributed by atoms with Crippen LogP contribution in [-0.2, 0) is 9.53 Å². The van der Waals surface area contributed by atoms with Gasteiger partial charge in [-0.15, -0.1) is 0 Å². The maximum absolute atomic E-state index is 12.6. The number of furan rings is 1. The third-order valence-electron chi connectivity index (χ3n) is 4.39. The van der Waals surface area contributed by atoms with Gasteiger partial charge in [-0.3, -0.25) is 9.59 Å². The second kappa shape index (κ2) is 7.14. The summed E-state index contributed by atoms with van der Waals surface area (Å²) in [5.74, 6) is 0.228. The Balaban J connectivity index is 1.77. The maximum atomic E-state index is 12.6. The van der Waals surface area contributed by atoms with Gasteiger partial charge in [0.1, 0.15) is 6.04 Å². The fourth-order valence-electron chi connectivity index (χ4n) is 2.98. The van der Waals surface area contributed by atoms with Crippen molar-refractivity contribution >= 4 is 22.8 Å². The van der Waals surface area contributed by atoms with Crippen LogP contribution in [0.3, 0.4) is 0 Å². The van der Waals surface area contributed by atoms with Crippen LogP contribution < -0.4 is 10.1 Å². The Morgan fingerprint density at radius 1 is 1.28 bits per heavy atom. The number of hydrogen-bond donors (Lipinski definition) is 1. The summed E-state index contributed by atoms with van der Waals surface area (Å²) in [6, 6.07) is 4.85. The first-order chi connectivity index (χ1) is 12.0. The first-order valence-electron chi connectivity index (χ1n) is 8.26. The van der Waals surface area contributed by atoms with Crippen molar-refractivity contribution in [1.29, 1.82) is 0 Å². The number of carbonyl (C=O) groups is 2. The van der Waals surface area contributed by atoms with E-state index < -0.39 is 11.9 Å². The number of ether oxygens (including phenoxy) is 2. The highest BCUT2D eigenvalue weighted by molar-refractivity contribution is 6.01. The van der Waals surface area contributed by atoms with Crippen LogP contribution in [0.4, 0.5) is 0 Å². The standard InChI is InChI=1S/C18H22N2O5/c1-11-13-5-4-6-14(23-3)16(13)25-15(11)17(21)19-12(2)18(22)20-7-9-24-10-8-20/h4-6,12H,7-10H2,1-3H3,(H,19,21). The second-order valence-corrected chi connectivity index (χ2v) is 6.03. The first kappa shape index (κ1) is 17.3. The molecule has 1 aromatic carbocycles. The minimum absolute atomic E-state index is 0.122. The number of fused-ring (bicyclic) bond motifs is 1. The largest absolute Gasteiger partial charge is 0.493 e. The number of nitrogens with one attached hydrogen (secondary N) is 1. The van der Waals surface area contributed by atoms with Gasteiger partial charge in [0.25, 0.3) is 5.91 Å². The highest BCUT2D eigenvalue weighted by atomic mass is 16.5. The lowest BCUT2D eigenvalue weighted by Crippen LogP contribution is -2.50. The molecule has 0 aliphatic carbocycles. The molecule has 1 fully saturated rings. The summed E-state index contributed by atoms with van der Waals surface area (Å²) in [6.07, 6.45) is 0. The van der Waals surface area contributed by atoms with E-state index in [0.717, 1.165) is 10.9 Å². The molecule has 3 rings (SSSR count). The number of methoxy groups -OCH3 is 1. The lowest BCUT2D eigenvalue weighted by Gasteiger charge is -2.29. The molecule has 1 unspecified atom stereocenters. The number of rotatable bonds is 4. The van der Waals surface area contributed by atoms with Crippen LogP contribution in [0.5, 0.6) is 5.75 Å². The Labute approximate surface area is 145 Å². The average Bonchev–Trinajstić information content (AvgIpc) is 2.98. The van der Waals surface area contributed by atoms with Gasteiger partial charge in [0.15, 0.2) is 17.1 Å². The monoisotopic (exact) mass is 346 g/mol. The van der Waals surface area contributed by atoms with Gasteiger partial charge < -0.3 is 24.1 Å². The number of benzene rings is 1. The second-order valence-electron chi connectivity index (χ2n) is 6.03. The summed E-state index contributed by atoms with van der Waals surface area (Å²) in [5.41, 5.74) is 1.25. The summed E-state index contributed by atoms with van der Waals surface area (Å²) in [7, 11) is 1.55. The smallest absolute Gasteiger partial charge is 0.287 e. The Morgan fingerprint density at radius 3 is 2.68 bits per heavy atom. The molecule has 1 N–H and O–H groups in total. The van der Waals surface area contributed by atoms with E-state index in [2.05, 4.69) is 5.32 Å². The topological polar surface area (TPSA) is 81.0 Å². The molecule has 0 saturated carbocycles. The zero-order chi connectivity index (χ0) is 18.0. The van der Waals surface area contributed by atoms with Crippen LogP contribution in [0.2, 0.25) is 0 Å². The molecule has 2 amide bonds. The molecule has 7 nitrogen and oxygen atoms in total. The summed E-state index contributed by atoms with van der Waals surface area (Å²) >= 11 is 0. The Kier molecular flexibility index (Phi) is 4.94. The van der Waals surface area contributed by atoms with E-state index in [0.29, 0.717) is 37.6 Å². The highest BCUT2D eigenvalue weighted by Crippen LogP contribution is 2.32. The fraction of sp³-hybridized carbons (Fsp3) is 0.444.